The summed E-state index contributed by atoms with van der Waals surface area (Å²) in [6.45, 7) is 1.86. The Kier molecular flexibility index (Phi) is 4.74. The zero-order chi connectivity index (χ0) is 19.7. The maximum Gasteiger partial charge on any atom is 0.261 e. The van der Waals surface area contributed by atoms with Crippen molar-refractivity contribution in [3.8, 4) is 16.3 Å². The molecule has 4 aromatic rings. The van der Waals surface area contributed by atoms with Crippen LogP contribution in [0.5, 0.6) is 5.75 Å². The van der Waals surface area contributed by atoms with Crippen LogP contribution in [-0.4, -0.2) is 25.5 Å². The molecule has 28 heavy (non-hydrogen) atoms. The van der Waals surface area contributed by atoms with Crippen molar-refractivity contribution < 1.29 is 13.2 Å². The molecule has 0 saturated carbocycles. The first-order valence-corrected chi connectivity index (χ1v) is 10.8. The van der Waals surface area contributed by atoms with E-state index in [4.69, 9.17) is 4.74 Å². The zero-order valence-electron chi connectivity index (χ0n) is 15.2. The minimum absolute atomic E-state index is 0.175. The van der Waals surface area contributed by atoms with Crippen LogP contribution in [0.25, 0.3) is 20.9 Å². The average molecular weight is 412 g/mol. The summed E-state index contributed by atoms with van der Waals surface area (Å²) in [5.74, 6) is 0.602. The number of thiazole rings is 1. The minimum Gasteiger partial charge on any atom is -0.497 e. The molecule has 6 nitrogen and oxygen atoms in total. The third kappa shape index (κ3) is 3.56. The average Bonchev–Trinajstić information content (AvgIpc) is 3.14. The fourth-order valence-electron chi connectivity index (χ4n) is 2.76. The van der Waals surface area contributed by atoms with Gasteiger partial charge in [0.05, 0.1) is 17.7 Å². The van der Waals surface area contributed by atoms with Gasteiger partial charge in [0, 0.05) is 11.8 Å². The number of fused-ring (bicyclic) bond motifs is 1. The molecule has 0 unspecified atom stereocenters. The fraction of sp³-hybridized carbons (Fsp3) is 0.100. The standard InChI is InChI=1S/C20H17N3O3S2/c1-13-12-14(19-22-18-4-3-11-21-20(18)27-19)5-10-17(13)23-28(24,25)16-8-6-15(26-2)7-9-16/h3-12,23H,1-2H3. The van der Waals surface area contributed by atoms with Gasteiger partial charge in [-0.3, -0.25) is 4.72 Å². The lowest BCUT2D eigenvalue weighted by atomic mass is 10.1. The Balaban J connectivity index is 1.62. The molecule has 0 atom stereocenters. The van der Waals surface area contributed by atoms with Gasteiger partial charge in [0.2, 0.25) is 0 Å². The highest BCUT2D eigenvalue weighted by molar-refractivity contribution is 7.92. The summed E-state index contributed by atoms with van der Waals surface area (Å²) in [5.41, 5.74) is 3.11. The molecule has 0 radical (unpaired) electrons. The number of nitrogens with one attached hydrogen (secondary N) is 1. The molecule has 2 heterocycles. The van der Waals surface area contributed by atoms with Crippen LogP contribution in [0.3, 0.4) is 0 Å². The van der Waals surface area contributed by atoms with Gasteiger partial charge >= 0.3 is 0 Å². The molecular weight excluding hydrogens is 394 g/mol. The van der Waals surface area contributed by atoms with E-state index in [-0.39, 0.29) is 4.90 Å². The van der Waals surface area contributed by atoms with Gasteiger partial charge < -0.3 is 4.74 Å². The van der Waals surface area contributed by atoms with Gasteiger partial charge in [0.15, 0.2) is 0 Å². The van der Waals surface area contributed by atoms with E-state index in [2.05, 4.69) is 14.7 Å². The van der Waals surface area contributed by atoms with Crippen molar-refractivity contribution in [2.75, 3.05) is 11.8 Å². The number of rotatable bonds is 5. The topological polar surface area (TPSA) is 81.2 Å². The molecule has 0 aliphatic rings. The third-order valence-corrected chi connectivity index (χ3v) is 6.66. The predicted molar refractivity (Wildman–Crippen MR) is 111 cm³/mol. The van der Waals surface area contributed by atoms with Gasteiger partial charge in [-0.15, -0.1) is 0 Å². The van der Waals surface area contributed by atoms with E-state index in [1.54, 1.807) is 24.4 Å². The highest BCUT2D eigenvalue weighted by atomic mass is 32.2. The fourth-order valence-corrected chi connectivity index (χ4v) is 4.80. The Bertz CT molecular complexity index is 1220. The molecule has 0 spiro atoms. The summed E-state index contributed by atoms with van der Waals surface area (Å²) in [5, 5.41) is 0.848. The monoisotopic (exact) mass is 411 g/mol. The molecular formula is C20H17N3O3S2. The van der Waals surface area contributed by atoms with E-state index in [1.807, 2.05) is 31.2 Å². The van der Waals surface area contributed by atoms with E-state index < -0.39 is 10.0 Å². The number of ether oxygens (including phenoxy) is 1. The zero-order valence-corrected chi connectivity index (χ0v) is 16.8. The molecule has 142 valence electrons. The number of methoxy groups -OCH3 is 1. The highest BCUT2D eigenvalue weighted by Gasteiger charge is 2.16. The van der Waals surface area contributed by atoms with Crippen LogP contribution < -0.4 is 9.46 Å². The van der Waals surface area contributed by atoms with E-state index in [1.165, 1.54) is 30.6 Å². The first kappa shape index (κ1) is 18.4. The van der Waals surface area contributed by atoms with Crippen molar-refractivity contribution in [3.63, 3.8) is 0 Å². The summed E-state index contributed by atoms with van der Waals surface area (Å²) >= 11 is 1.51. The van der Waals surface area contributed by atoms with Gasteiger partial charge in [0.25, 0.3) is 10.0 Å². The van der Waals surface area contributed by atoms with Gasteiger partial charge in [-0.2, -0.15) is 0 Å². The van der Waals surface area contributed by atoms with Gasteiger partial charge in [0.1, 0.15) is 21.1 Å². The van der Waals surface area contributed by atoms with E-state index in [9.17, 15) is 8.42 Å². The number of anilines is 1. The molecule has 0 bridgehead atoms. The quantitative estimate of drug-likeness (QED) is 0.524. The molecule has 4 rings (SSSR count). The SMILES string of the molecule is COc1ccc(S(=O)(=O)Nc2ccc(-c3nc4cccnc4s3)cc2C)cc1. The van der Waals surface area contributed by atoms with E-state index in [0.29, 0.717) is 11.4 Å². The third-order valence-electron chi connectivity index (χ3n) is 4.25. The minimum atomic E-state index is -3.69. The summed E-state index contributed by atoms with van der Waals surface area (Å²) < 4.78 is 33.0. The lowest BCUT2D eigenvalue weighted by Gasteiger charge is -2.12. The maximum absolute atomic E-state index is 12.7. The van der Waals surface area contributed by atoms with Crippen molar-refractivity contribution in [1.82, 2.24) is 9.97 Å². The van der Waals surface area contributed by atoms with E-state index in [0.717, 1.165) is 26.5 Å². The summed E-state index contributed by atoms with van der Waals surface area (Å²) in [4.78, 5) is 9.96. The van der Waals surface area contributed by atoms with Crippen LogP contribution in [0.1, 0.15) is 5.56 Å². The van der Waals surface area contributed by atoms with E-state index >= 15 is 0 Å². The van der Waals surface area contributed by atoms with Crippen LogP contribution in [0.4, 0.5) is 5.69 Å². The van der Waals surface area contributed by atoms with Gasteiger partial charge in [-0.05, 0) is 67.1 Å². The summed E-state index contributed by atoms with van der Waals surface area (Å²) in [7, 11) is -2.15. The first-order valence-electron chi connectivity index (χ1n) is 8.46. The highest BCUT2D eigenvalue weighted by Crippen LogP contribution is 2.31. The second-order valence-electron chi connectivity index (χ2n) is 6.16. The molecule has 0 aliphatic carbocycles. The number of aryl methyl sites for hydroxylation is 1. The van der Waals surface area contributed by atoms with Crippen molar-refractivity contribution in [2.45, 2.75) is 11.8 Å². The molecule has 0 saturated heterocycles. The molecule has 2 aromatic heterocycles. The number of hydrogen-bond donors (Lipinski definition) is 1. The number of pyridine rings is 1. The van der Waals surface area contributed by atoms with Crippen LogP contribution in [-0.2, 0) is 10.0 Å². The number of aromatic nitrogens is 2. The Morgan fingerprint density at radius 1 is 1.07 bits per heavy atom. The van der Waals surface area contributed by atoms with Crippen LogP contribution >= 0.6 is 11.3 Å². The number of benzene rings is 2. The van der Waals surface area contributed by atoms with Crippen molar-refractivity contribution in [1.29, 1.82) is 0 Å². The lowest BCUT2D eigenvalue weighted by molar-refractivity contribution is 0.414. The summed E-state index contributed by atoms with van der Waals surface area (Å²) in [6, 6.07) is 15.6. The Morgan fingerprint density at radius 3 is 2.54 bits per heavy atom. The Hall–Kier alpha value is -2.97. The lowest BCUT2D eigenvalue weighted by Crippen LogP contribution is -2.13. The van der Waals surface area contributed by atoms with Crippen LogP contribution in [0.15, 0.2) is 65.7 Å². The van der Waals surface area contributed by atoms with Gasteiger partial charge in [-0.1, -0.05) is 11.3 Å². The molecule has 2 aromatic carbocycles. The Morgan fingerprint density at radius 2 is 1.86 bits per heavy atom. The Labute approximate surface area is 166 Å². The molecule has 0 amide bonds. The van der Waals surface area contributed by atoms with Crippen LogP contribution in [0, 0.1) is 6.92 Å². The number of sulfonamides is 1. The molecule has 0 aliphatic heterocycles. The molecule has 1 N–H and O–H groups in total. The van der Waals surface area contributed by atoms with Crippen LogP contribution in [0.2, 0.25) is 0 Å². The smallest absolute Gasteiger partial charge is 0.261 e. The largest absolute Gasteiger partial charge is 0.497 e. The van der Waals surface area contributed by atoms with Crippen molar-refractivity contribution in [3.05, 3.63) is 66.4 Å². The maximum atomic E-state index is 12.7. The molecule has 8 heteroatoms. The second kappa shape index (κ2) is 7.21. The van der Waals surface area contributed by atoms with Gasteiger partial charge in [-0.25, -0.2) is 18.4 Å². The normalized spacial score (nSPS) is 11.5. The molecule has 0 fully saturated rings. The first-order chi connectivity index (χ1) is 13.5. The summed E-state index contributed by atoms with van der Waals surface area (Å²) in [6.07, 6.45) is 1.74. The predicted octanol–water partition coefficient (Wildman–Crippen LogP) is 4.48. The number of nitrogens with zero attached hydrogens (tertiary/aromatic N) is 2. The number of hydrogen-bond acceptors (Lipinski definition) is 6. The van der Waals surface area contributed by atoms with Crippen molar-refractivity contribution in [2.24, 2.45) is 0 Å². The second-order valence-corrected chi connectivity index (χ2v) is 8.82. The van der Waals surface area contributed by atoms with Crippen molar-refractivity contribution >= 4 is 37.4 Å².